The van der Waals surface area contributed by atoms with Crippen LogP contribution in [0.15, 0.2) is 42.5 Å². The summed E-state index contributed by atoms with van der Waals surface area (Å²) >= 11 is 0. The highest BCUT2D eigenvalue weighted by Gasteiger charge is 2.11. The fourth-order valence-corrected chi connectivity index (χ4v) is 2.00. The first kappa shape index (κ1) is 18.4. The van der Waals surface area contributed by atoms with Crippen molar-refractivity contribution in [3.05, 3.63) is 59.2 Å². The molecule has 1 N–H and O–H groups in total. The SMILES string of the molecule is Cc1ccc(C(=O)OCC(=O)Nc2ccc(OC(F)F)cc2)cc1C. The van der Waals surface area contributed by atoms with E-state index in [0.29, 0.717) is 11.3 Å². The molecule has 0 saturated carbocycles. The van der Waals surface area contributed by atoms with Gasteiger partial charge in [-0.3, -0.25) is 4.79 Å². The number of ether oxygens (including phenoxy) is 2. The Bertz CT molecular complexity index is 760. The van der Waals surface area contributed by atoms with Crippen molar-refractivity contribution in [2.45, 2.75) is 20.5 Å². The maximum Gasteiger partial charge on any atom is 0.387 e. The number of carbonyl (C=O) groups is 2. The van der Waals surface area contributed by atoms with E-state index >= 15 is 0 Å². The normalized spacial score (nSPS) is 10.4. The molecule has 2 rings (SSSR count). The molecule has 0 atom stereocenters. The van der Waals surface area contributed by atoms with Crippen LogP contribution in [-0.4, -0.2) is 25.1 Å². The van der Waals surface area contributed by atoms with E-state index in [1.54, 1.807) is 18.2 Å². The predicted molar refractivity (Wildman–Crippen MR) is 87.9 cm³/mol. The number of halogens is 2. The molecular weight excluding hydrogens is 332 g/mol. The van der Waals surface area contributed by atoms with Crippen molar-refractivity contribution in [3.8, 4) is 5.75 Å². The molecule has 2 aromatic carbocycles. The number of nitrogens with one attached hydrogen (secondary N) is 1. The van der Waals surface area contributed by atoms with Gasteiger partial charge in [-0.25, -0.2) is 4.79 Å². The van der Waals surface area contributed by atoms with Crippen molar-refractivity contribution < 1.29 is 27.8 Å². The summed E-state index contributed by atoms with van der Waals surface area (Å²) in [6.45, 7) is 0.432. The molecule has 0 unspecified atom stereocenters. The Morgan fingerprint density at radius 1 is 1.04 bits per heavy atom. The zero-order chi connectivity index (χ0) is 18.4. The molecule has 1 amide bonds. The van der Waals surface area contributed by atoms with Gasteiger partial charge in [0.05, 0.1) is 5.56 Å². The summed E-state index contributed by atoms with van der Waals surface area (Å²) in [5.74, 6) is -1.16. The van der Waals surface area contributed by atoms with Crippen LogP contribution in [0, 0.1) is 13.8 Å². The number of esters is 1. The van der Waals surface area contributed by atoms with Crippen molar-refractivity contribution in [3.63, 3.8) is 0 Å². The number of carbonyl (C=O) groups excluding carboxylic acids is 2. The third-order valence-corrected chi connectivity index (χ3v) is 3.44. The van der Waals surface area contributed by atoms with Crippen molar-refractivity contribution in [1.82, 2.24) is 0 Å². The number of amides is 1. The first-order valence-corrected chi connectivity index (χ1v) is 7.44. The number of hydrogen-bond donors (Lipinski definition) is 1. The summed E-state index contributed by atoms with van der Waals surface area (Å²) in [6, 6.07) is 10.5. The first-order valence-electron chi connectivity index (χ1n) is 7.44. The highest BCUT2D eigenvalue weighted by Crippen LogP contribution is 2.17. The summed E-state index contributed by atoms with van der Waals surface area (Å²) in [4.78, 5) is 23.7. The van der Waals surface area contributed by atoms with Crippen LogP contribution in [0.2, 0.25) is 0 Å². The van der Waals surface area contributed by atoms with Gasteiger partial charge in [-0.15, -0.1) is 0 Å². The van der Waals surface area contributed by atoms with Crippen molar-refractivity contribution in [1.29, 1.82) is 0 Å². The molecular formula is C18H17F2NO4. The van der Waals surface area contributed by atoms with Crippen LogP contribution >= 0.6 is 0 Å². The number of anilines is 1. The second-order valence-corrected chi connectivity index (χ2v) is 5.33. The van der Waals surface area contributed by atoms with Crippen molar-refractivity contribution in [2.75, 3.05) is 11.9 Å². The zero-order valence-corrected chi connectivity index (χ0v) is 13.7. The van der Waals surface area contributed by atoms with E-state index < -0.39 is 25.1 Å². The van der Waals surface area contributed by atoms with Crippen LogP contribution in [0.5, 0.6) is 5.75 Å². The minimum atomic E-state index is -2.91. The monoisotopic (exact) mass is 349 g/mol. The number of hydrogen-bond acceptors (Lipinski definition) is 4. The molecule has 0 aliphatic rings. The van der Waals surface area contributed by atoms with Gasteiger partial charge in [-0.2, -0.15) is 8.78 Å². The van der Waals surface area contributed by atoms with E-state index in [0.717, 1.165) is 11.1 Å². The van der Waals surface area contributed by atoms with Crippen LogP contribution in [0.1, 0.15) is 21.5 Å². The number of aryl methyl sites for hydroxylation is 2. The highest BCUT2D eigenvalue weighted by molar-refractivity contribution is 5.95. The summed E-state index contributed by atoms with van der Waals surface area (Å²) in [5, 5.41) is 2.49. The second-order valence-electron chi connectivity index (χ2n) is 5.33. The summed E-state index contributed by atoms with van der Waals surface area (Å²) < 4.78 is 33.3. The molecule has 2 aromatic rings. The van der Waals surface area contributed by atoms with Gasteiger partial charge in [0.15, 0.2) is 6.61 Å². The predicted octanol–water partition coefficient (Wildman–Crippen LogP) is 3.70. The minimum absolute atomic E-state index is 0.0193. The molecule has 0 aliphatic carbocycles. The van der Waals surface area contributed by atoms with E-state index in [9.17, 15) is 18.4 Å². The van der Waals surface area contributed by atoms with E-state index in [-0.39, 0.29) is 5.75 Å². The molecule has 25 heavy (non-hydrogen) atoms. The Labute approximate surface area is 143 Å². The Balaban J connectivity index is 1.85. The number of benzene rings is 2. The molecule has 0 bridgehead atoms. The average molecular weight is 349 g/mol. The molecule has 0 heterocycles. The topological polar surface area (TPSA) is 64.6 Å². The van der Waals surface area contributed by atoms with Crippen molar-refractivity contribution >= 4 is 17.6 Å². The Morgan fingerprint density at radius 2 is 1.72 bits per heavy atom. The summed E-state index contributed by atoms with van der Waals surface area (Å²) in [6.07, 6.45) is 0. The molecule has 0 aromatic heterocycles. The van der Waals surface area contributed by atoms with E-state index in [1.807, 2.05) is 13.8 Å². The third kappa shape index (κ3) is 5.56. The molecule has 0 fully saturated rings. The zero-order valence-electron chi connectivity index (χ0n) is 13.7. The van der Waals surface area contributed by atoms with Crippen molar-refractivity contribution in [2.24, 2.45) is 0 Å². The fourth-order valence-electron chi connectivity index (χ4n) is 2.00. The Kier molecular flexibility index (Phi) is 6.05. The lowest BCUT2D eigenvalue weighted by atomic mass is 10.1. The van der Waals surface area contributed by atoms with Crippen LogP contribution in [-0.2, 0) is 9.53 Å². The maximum absolute atomic E-state index is 12.1. The van der Waals surface area contributed by atoms with Crippen LogP contribution in [0.3, 0.4) is 0 Å². The molecule has 7 heteroatoms. The van der Waals surface area contributed by atoms with Gasteiger partial charge in [0.25, 0.3) is 5.91 Å². The van der Waals surface area contributed by atoms with Gasteiger partial charge >= 0.3 is 12.6 Å². The van der Waals surface area contributed by atoms with E-state index in [4.69, 9.17) is 4.74 Å². The second kappa shape index (κ2) is 8.23. The Morgan fingerprint density at radius 3 is 2.32 bits per heavy atom. The van der Waals surface area contributed by atoms with Crippen LogP contribution in [0.4, 0.5) is 14.5 Å². The largest absolute Gasteiger partial charge is 0.452 e. The lowest BCUT2D eigenvalue weighted by Crippen LogP contribution is -2.21. The minimum Gasteiger partial charge on any atom is -0.452 e. The first-order chi connectivity index (χ1) is 11.8. The lowest BCUT2D eigenvalue weighted by molar-refractivity contribution is -0.119. The number of rotatable bonds is 6. The van der Waals surface area contributed by atoms with Gasteiger partial charge in [-0.05, 0) is 61.4 Å². The van der Waals surface area contributed by atoms with Gasteiger partial charge in [-0.1, -0.05) is 6.07 Å². The average Bonchev–Trinajstić information content (AvgIpc) is 2.56. The highest BCUT2D eigenvalue weighted by atomic mass is 19.3. The van der Waals surface area contributed by atoms with Crippen LogP contribution < -0.4 is 10.1 Å². The third-order valence-electron chi connectivity index (χ3n) is 3.44. The molecule has 0 radical (unpaired) electrons. The molecule has 132 valence electrons. The Hall–Kier alpha value is -2.96. The standard InChI is InChI=1S/C18H17F2NO4/c1-11-3-4-13(9-12(11)2)17(23)24-10-16(22)21-14-5-7-15(8-6-14)25-18(19)20/h3-9,18H,10H2,1-2H3,(H,21,22). The van der Waals surface area contributed by atoms with Gasteiger partial charge in [0.2, 0.25) is 0 Å². The molecule has 5 nitrogen and oxygen atoms in total. The maximum atomic E-state index is 12.1. The smallest absolute Gasteiger partial charge is 0.387 e. The summed E-state index contributed by atoms with van der Waals surface area (Å²) in [7, 11) is 0. The lowest BCUT2D eigenvalue weighted by Gasteiger charge is -2.09. The molecule has 0 saturated heterocycles. The van der Waals surface area contributed by atoms with Gasteiger partial charge in [0, 0.05) is 5.69 Å². The number of alkyl halides is 2. The summed E-state index contributed by atoms with van der Waals surface area (Å²) in [5.41, 5.74) is 2.73. The van der Waals surface area contributed by atoms with E-state index in [2.05, 4.69) is 10.1 Å². The van der Waals surface area contributed by atoms with E-state index in [1.165, 1.54) is 24.3 Å². The van der Waals surface area contributed by atoms with Gasteiger partial charge in [0.1, 0.15) is 5.75 Å². The van der Waals surface area contributed by atoms with Gasteiger partial charge < -0.3 is 14.8 Å². The fraction of sp³-hybridized carbons (Fsp3) is 0.222. The quantitative estimate of drug-likeness (QED) is 0.808. The molecule has 0 spiro atoms. The molecule has 0 aliphatic heterocycles. The van der Waals surface area contributed by atoms with Crippen LogP contribution in [0.25, 0.3) is 0 Å².